The summed E-state index contributed by atoms with van der Waals surface area (Å²) >= 11 is 0. The summed E-state index contributed by atoms with van der Waals surface area (Å²) in [4.78, 5) is 33.5. The molecule has 1 aliphatic heterocycles. The fourth-order valence-electron chi connectivity index (χ4n) is 5.51. The van der Waals surface area contributed by atoms with Gasteiger partial charge in [0.15, 0.2) is 5.82 Å². The van der Waals surface area contributed by atoms with Crippen molar-refractivity contribution in [2.24, 2.45) is 0 Å². The second-order valence-electron chi connectivity index (χ2n) is 12.1. The molecule has 0 bridgehead atoms. The van der Waals surface area contributed by atoms with Gasteiger partial charge >= 0.3 is 0 Å². The summed E-state index contributed by atoms with van der Waals surface area (Å²) < 4.78 is 20.8. The van der Waals surface area contributed by atoms with E-state index >= 15 is 4.39 Å². The van der Waals surface area contributed by atoms with Crippen LogP contribution in [0.4, 0.5) is 38.8 Å². The number of halogens is 1. The molecular formula is C36H43FN8O3. The van der Waals surface area contributed by atoms with Gasteiger partial charge in [-0.05, 0) is 73.3 Å². The predicted octanol–water partition coefficient (Wildman–Crippen LogP) is 6.11. The number of hydroxylamine groups is 1. The number of carbonyl (C=O) groups is 1. The van der Waals surface area contributed by atoms with Crippen LogP contribution in [-0.4, -0.2) is 82.8 Å². The number of nitrogens with zero attached hydrogens (tertiary/aromatic N) is 6. The molecule has 4 aromatic rings. The first-order valence-electron chi connectivity index (χ1n) is 15.7. The number of methoxy groups -OCH3 is 1. The Kier molecular flexibility index (Phi) is 10.8. The zero-order valence-electron chi connectivity index (χ0n) is 28.3. The van der Waals surface area contributed by atoms with E-state index in [4.69, 9.17) is 9.57 Å². The standard InChI is InChI=1S/C36H43FN8O3/c1-8-36(46)41-29-20-30(33(47-7)21-32(29)44(6)14-13-42(2)3)40-34-22-35(39-23-38-34)45-31(12-15-48-45)26-16-25(17-27(37)18-26)24-10-9-11-28(19-24)43(4)5/h8-11,16-23,31H,1,12-15H2,2-7H3,(H,41,46)(H,38,39,40). The molecule has 1 atom stereocenters. The Morgan fingerprint density at radius 2 is 1.85 bits per heavy atom. The van der Waals surface area contributed by atoms with Crippen molar-refractivity contribution < 1.29 is 18.8 Å². The molecule has 12 heteroatoms. The van der Waals surface area contributed by atoms with Gasteiger partial charge in [0.25, 0.3) is 0 Å². The van der Waals surface area contributed by atoms with E-state index < -0.39 is 0 Å². The zero-order chi connectivity index (χ0) is 34.4. The smallest absolute Gasteiger partial charge is 0.247 e. The summed E-state index contributed by atoms with van der Waals surface area (Å²) in [5, 5.41) is 7.94. The van der Waals surface area contributed by atoms with Crippen molar-refractivity contribution >= 4 is 40.3 Å². The van der Waals surface area contributed by atoms with Crippen LogP contribution in [0, 0.1) is 5.82 Å². The van der Waals surface area contributed by atoms with Gasteiger partial charge in [-0.25, -0.2) is 19.4 Å². The van der Waals surface area contributed by atoms with Crippen molar-refractivity contribution in [3.05, 3.63) is 91.0 Å². The second kappa shape index (κ2) is 15.1. The molecule has 0 saturated carbocycles. The van der Waals surface area contributed by atoms with Crippen molar-refractivity contribution in [1.82, 2.24) is 14.9 Å². The van der Waals surface area contributed by atoms with Crippen molar-refractivity contribution in [2.45, 2.75) is 12.5 Å². The molecule has 0 aliphatic carbocycles. The number of benzene rings is 3. The summed E-state index contributed by atoms with van der Waals surface area (Å²) in [6.45, 7) is 5.58. The van der Waals surface area contributed by atoms with Crippen LogP contribution in [0.1, 0.15) is 18.0 Å². The maximum atomic E-state index is 15.1. The fraction of sp³-hybridized carbons (Fsp3) is 0.306. The summed E-state index contributed by atoms with van der Waals surface area (Å²) in [7, 11) is 11.5. The lowest BCUT2D eigenvalue weighted by molar-refractivity contribution is -0.111. The quantitative estimate of drug-likeness (QED) is 0.165. The maximum absolute atomic E-state index is 15.1. The van der Waals surface area contributed by atoms with Crippen LogP contribution >= 0.6 is 0 Å². The van der Waals surface area contributed by atoms with E-state index in [2.05, 4.69) is 37.0 Å². The Morgan fingerprint density at radius 1 is 1.04 bits per heavy atom. The number of hydrogen-bond acceptors (Lipinski definition) is 10. The Hall–Kier alpha value is -5.20. The lowest BCUT2D eigenvalue weighted by atomic mass is 9.97. The molecule has 1 amide bonds. The minimum absolute atomic E-state index is 0.272. The Labute approximate surface area is 281 Å². The molecule has 252 valence electrons. The number of nitrogens with one attached hydrogen (secondary N) is 2. The van der Waals surface area contributed by atoms with E-state index in [1.165, 1.54) is 12.4 Å². The van der Waals surface area contributed by atoms with Gasteiger partial charge in [-0.15, -0.1) is 0 Å². The van der Waals surface area contributed by atoms with Gasteiger partial charge in [-0.1, -0.05) is 18.7 Å². The van der Waals surface area contributed by atoms with E-state index in [-0.39, 0.29) is 17.8 Å². The number of likely N-dealkylation sites (N-methyl/N-ethyl adjacent to an activating group) is 2. The average molecular weight is 655 g/mol. The number of anilines is 6. The number of aromatic nitrogens is 2. The molecule has 5 rings (SSSR count). The van der Waals surface area contributed by atoms with Gasteiger partial charge < -0.3 is 30.1 Å². The molecule has 3 aromatic carbocycles. The van der Waals surface area contributed by atoms with Crippen molar-refractivity contribution in [3.63, 3.8) is 0 Å². The van der Waals surface area contributed by atoms with Gasteiger partial charge in [0.05, 0.1) is 36.8 Å². The monoisotopic (exact) mass is 654 g/mol. The van der Waals surface area contributed by atoms with Crippen LogP contribution in [0.5, 0.6) is 5.75 Å². The Morgan fingerprint density at radius 3 is 2.58 bits per heavy atom. The molecule has 1 aliphatic rings. The van der Waals surface area contributed by atoms with Gasteiger partial charge in [-0.3, -0.25) is 9.63 Å². The summed E-state index contributed by atoms with van der Waals surface area (Å²) in [6, 6.07) is 18.3. The van der Waals surface area contributed by atoms with Gasteiger partial charge in [-0.2, -0.15) is 0 Å². The SMILES string of the molecule is C=CC(=O)Nc1cc(Nc2cc(N3OCCC3c3cc(F)cc(-c4cccc(N(C)C)c4)c3)ncn2)c(OC)cc1N(C)CCN(C)C. The Bertz CT molecular complexity index is 1770. The van der Waals surface area contributed by atoms with E-state index in [9.17, 15) is 4.79 Å². The molecule has 1 unspecified atom stereocenters. The Balaban J connectivity index is 1.44. The van der Waals surface area contributed by atoms with Crippen LogP contribution in [0.15, 0.2) is 79.6 Å². The molecule has 2 heterocycles. The molecule has 1 fully saturated rings. The third-order valence-corrected chi connectivity index (χ3v) is 8.10. The van der Waals surface area contributed by atoms with Crippen LogP contribution in [0.2, 0.25) is 0 Å². The summed E-state index contributed by atoms with van der Waals surface area (Å²) in [6.07, 6.45) is 3.32. The van der Waals surface area contributed by atoms with E-state index in [0.29, 0.717) is 41.8 Å². The fourth-order valence-corrected chi connectivity index (χ4v) is 5.51. The molecule has 48 heavy (non-hydrogen) atoms. The van der Waals surface area contributed by atoms with Gasteiger partial charge in [0.2, 0.25) is 5.91 Å². The molecule has 1 aromatic heterocycles. The minimum atomic E-state index is -0.333. The highest BCUT2D eigenvalue weighted by Crippen LogP contribution is 2.40. The van der Waals surface area contributed by atoms with Crippen molar-refractivity contribution in [3.8, 4) is 16.9 Å². The number of amides is 1. The summed E-state index contributed by atoms with van der Waals surface area (Å²) in [5.41, 5.74) is 5.47. The third kappa shape index (κ3) is 8.01. The topological polar surface area (TPSA) is 98.3 Å². The predicted molar refractivity (Wildman–Crippen MR) is 191 cm³/mol. The minimum Gasteiger partial charge on any atom is -0.494 e. The lowest BCUT2D eigenvalue weighted by Crippen LogP contribution is -2.29. The van der Waals surface area contributed by atoms with E-state index in [0.717, 1.165) is 41.2 Å². The second-order valence-corrected chi connectivity index (χ2v) is 12.1. The molecular weight excluding hydrogens is 611 g/mol. The first kappa shape index (κ1) is 34.1. The van der Waals surface area contributed by atoms with Crippen molar-refractivity contribution in [1.29, 1.82) is 0 Å². The molecule has 0 spiro atoms. The van der Waals surface area contributed by atoms with E-state index in [1.807, 2.05) is 76.5 Å². The number of carbonyl (C=O) groups excluding carboxylic acids is 1. The van der Waals surface area contributed by atoms with Crippen LogP contribution in [0.3, 0.4) is 0 Å². The van der Waals surface area contributed by atoms with Crippen LogP contribution < -0.4 is 30.2 Å². The maximum Gasteiger partial charge on any atom is 0.247 e. The first-order valence-corrected chi connectivity index (χ1v) is 15.7. The summed E-state index contributed by atoms with van der Waals surface area (Å²) in [5.74, 6) is 0.884. The highest BCUT2D eigenvalue weighted by molar-refractivity contribution is 6.02. The molecule has 2 N–H and O–H groups in total. The van der Waals surface area contributed by atoms with Crippen molar-refractivity contribution in [2.75, 3.05) is 87.5 Å². The van der Waals surface area contributed by atoms with Crippen LogP contribution in [-0.2, 0) is 9.63 Å². The number of hydrogen-bond donors (Lipinski definition) is 2. The number of ether oxygens (including phenoxy) is 1. The normalized spacial score (nSPS) is 14.2. The first-order chi connectivity index (χ1) is 23.1. The highest BCUT2D eigenvalue weighted by Gasteiger charge is 2.30. The molecule has 11 nitrogen and oxygen atoms in total. The largest absolute Gasteiger partial charge is 0.494 e. The molecule has 1 saturated heterocycles. The number of rotatable bonds is 13. The zero-order valence-corrected chi connectivity index (χ0v) is 28.3. The lowest BCUT2D eigenvalue weighted by Gasteiger charge is -2.26. The average Bonchev–Trinajstić information content (AvgIpc) is 3.57. The highest BCUT2D eigenvalue weighted by atomic mass is 19.1. The molecule has 0 radical (unpaired) electrons. The van der Waals surface area contributed by atoms with Gasteiger partial charge in [0, 0.05) is 58.5 Å². The van der Waals surface area contributed by atoms with E-state index in [1.54, 1.807) is 36.4 Å². The third-order valence-electron chi connectivity index (χ3n) is 8.10. The van der Waals surface area contributed by atoms with Crippen LogP contribution in [0.25, 0.3) is 11.1 Å². The van der Waals surface area contributed by atoms with Gasteiger partial charge in [0.1, 0.15) is 23.7 Å².